The summed E-state index contributed by atoms with van der Waals surface area (Å²) >= 11 is 0. The van der Waals surface area contributed by atoms with E-state index in [1.54, 1.807) is 0 Å². The van der Waals surface area contributed by atoms with Crippen LogP contribution in [0.4, 0.5) is 35.1 Å². The Kier molecular flexibility index (Phi) is 14.9. The molecule has 0 aromatic heterocycles. The third-order valence-corrected chi connectivity index (χ3v) is 4.55. The molecule has 2 aromatic rings. The Labute approximate surface area is 238 Å². The Hall–Kier alpha value is -2.53. The van der Waals surface area contributed by atoms with Gasteiger partial charge in [0, 0.05) is 34.3 Å². The van der Waals surface area contributed by atoms with Gasteiger partial charge in [-0.1, -0.05) is 11.1 Å². The van der Waals surface area contributed by atoms with Gasteiger partial charge in [0.15, 0.2) is 0 Å². The minimum absolute atomic E-state index is 0. The fourth-order valence-corrected chi connectivity index (χ4v) is 2.86. The second-order valence-corrected chi connectivity index (χ2v) is 8.96. The Bertz CT molecular complexity index is 1060. The molecule has 0 saturated heterocycles. The van der Waals surface area contributed by atoms with E-state index in [2.05, 4.69) is 24.3 Å². The molecule has 0 fully saturated rings. The molecule has 2 aromatic carbocycles. The maximum absolute atomic E-state index is 13.0. The molecule has 0 radical (unpaired) electrons. The molecule has 2 aliphatic rings. The molecule has 0 atom stereocenters. The second kappa shape index (κ2) is 15.9. The smallest absolute Gasteiger partial charge is 0.323 e. The van der Waals surface area contributed by atoms with E-state index < -0.39 is 68.7 Å². The number of hydrogen-bond donors (Lipinski definition) is 2. The van der Waals surface area contributed by atoms with Crippen molar-refractivity contribution < 1.29 is 56.8 Å². The van der Waals surface area contributed by atoms with Crippen LogP contribution in [0.25, 0.3) is 0 Å². The van der Waals surface area contributed by atoms with Crippen molar-refractivity contribution in [3.05, 3.63) is 118 Å². The van der Waals surface area contributed by atoms with Crippen molar-refractivity contribution in [1.82, 2.24) is 0 Å². The minimum Gasteiger partial charge on any atom is -0.323 e. The number of halogens is 8. The molecule has 4 rings (SSSR count). The fraction of sp³-hybridized carbons (Fsp3) is 0.286. The van der Waals surface area contributed by atoms with E-state index in [1.165, 1.54) is 39.8 Å². The van der Waals surface area contributed by atoms with E-state index in [0.29, 0.717) is 0 Å². The van der Waals surface area contributed by atoms with Crippen LogP contribution in [0.3, 0.4) is 0 Å². The van der Waals surface area contributed by atoms with Gasteiger partial charge in [-0.05, 0) is 27.7 Å². The molecule has 0 bridgehead atoms. The van der Waals surface area contributed by atoms with Crippen molar-refractivity contribution in [3.63, 3.8) is 0 Å². The van der Waals surface area contributed by atoms with E-state index in [0.717, 1.165) is 12.8 Å². The standard InChI is InChI=1S/2C9H8F4N.2C5H5.Ti/c2*1-9(2,14)6-7(12)4(10)3-5(11)8(6)13;2*1-2-4-5-3-1;/h2*14H2,1-2H3;2*1-3H,4H2;/q4*-1;+4. The first-order valence-electron chi connectivity index (χ1n) is 11.0. The number of nitrogens with two attached hydrogens (primary N) is 2. The third kappa shape index (κ3) is 11.2. The van der Waals surface area contributed by atoms with Gasteiger partial charge in [-0.15, -0.1) is 25.0 Å². The van der Waals surface area contributed by atoms with E-state index >= 15 is 0 Å². The van der Waals surface area contributed by atoms with Crippen LogP contribution in [0.15, 0.2) is 36.5 Å². The summed E-state index contributed by atoms with van der Waals surface area (Å²) in [6, 6.07) is 2.56. The van der Waals surface area contributed by atoms with Gasteiger partial charge in [0.05, 0.1) is 23.3 Å². The summed E-state index contributed by atoms with van der Waals surface area (Å²) < 4.78 is 103. The fourth-order valence-electron chi connectivity index (χ4n) is 2.86. The van der Waals surface area contributed by atoms with Crippen LogP contribution >= 0.6 is 0 Å². The van der Waals surface area contributed by atoms with Gasteiger partial charge in [-0.25, -0.2) is 41.9 Å². The zero-order chi connectivity index (χ0) is 29.3. The third-order valence-electron chi connectivity index (χ3n) is 4.55. The number of rotatable bonds is 2. The van der Waals surface area contributed by atoms with Crippen LogP contribution in [-0.4, -0.2) is 0 Å². The van der Waals surface area contributed by atoms with Gasteiger partial charge < -0.3 is 11.5 Å². The first-order valence-corrected chi connectivity index (χ1v) is 11.0. The molecule has 0 saturated carbocycles. The summed E-state index contributed by atoms with van der Waals surface area (Å²) in [5.41, 5.74) is 6.12. The predicted octanol–water partition coefficient (Wildman–Crippen LogP) is 7.08. The molecule has 2 nitrogen and oxygen atoms in total. The van der Waals surface area contributed by atoms with Gasteiger partial charge in [0.1, 0.15) is 0 Å². The molecule has 0 heterocycles. The molecule has 0 unspecified atom stereocenters. The van der Waals surface area contributed by atoms with Gasteiger partial charge in [0.25, 0.3) is 0 Å². The van der Waals surface area contributed by atoms with Crippen LogP contribution < -0.4 is 11.5 Å². The normalized spacial score (nSPS) is 13.1. The van der Waals surface area contributed by atoms with E-state index in [-0.39, 0.29) is 21.7 Å². The molecule has 208 valence electrons. The van der Waals surface area contributed by atoms with Gasteiger partial charge in [-0.2, -0.15) is 12.2 Å². The maximum atomic E-state index is 13.0. The molecule has 0 aliphatic heterocycles. The molecular formula is C28H26F8N2Ti. The van der Waals surface area contributed by atoms with Crippen LogP contribution in [0.1, 0.15) is 51.7 Å². The summed E-state index contributed by atoms with van der Waals surface area (Å²) in [5, 5.41) is 0. The van der Waals surface area contributed by atoms with Crippen LogP contribution in [0.2, 0.25) is 0 Å². The average molecular weight is 590 g/mol. The molecule has 11 heteroatoms. The van der Waals surface area contributed by atoms with Crippen molar-refractivity contribution in [2.75, 3.05) is 0 Å². The Morgan fingerprint density at radius 1 is 0.564 bits per heavy atom. The predicted molar refractivity (Wildman–Crippen MR) is 128 cm³/mol. The summed E-state index contributed by atoms with van der Waals surface area (Å²) in [6.07, 6.45) is 20.0. The van der Waals surface area contributed by atoms with Crippen molar-refractivity contribution in [2.45, 2.75) is 51.6 Å². The average Bonchev–Trinajstić information content (AvgIpc) is 3.55. The monoisotopic (exact) mass is 590 g/mol. The molecule has 0 spiro atoms. The number of allylic oxidation sites excluding steroid dienone is 8. The van der Waals surface area contributed by atoms with Crippen molar-refractivity contribution >= 4 is 0 Å². The van der Waals surface area contributed by atoms with E-state index in [4.69, 9.17) is 11.5 Å². The Morgan fingerprint density at radius 3 is 0.949 bits per heavy atom. The zero-order valence-corrected chi connectivity index (χ0v) is 23.1. The number of hydrogen-bond acceptors (Lipinski definition) is 2. The van der Waals surface area contributed by atoms with Crippen LogP contribution in [-0.2, 0) is 32.8 Å². The van der Waals surface area contributed by atoms with Crippen molar-refractivity contribution in [1.29, 1.82) is 0 Å². The Balaban J connectivity index is 0.000000537. The molecule has 2 aliphatic carbocycles. The summed E-state index contributed by atoms with van der Waals surface area (Å²) in [5.74, 6) is -12.3. The first kappa shape index (κ1) is 36.5. The summed E-state index contributed by atoms with van der Waals surface area (Å²) in [6.45, 7) is 4.97. The van der Waals surface area contributed by atoms with Crippen molar-refractivity contribution in [3.8, 4) is 0 Å². The topological polar surface area (TPSA) is 52.0 Å². The minimum atomic E-state index is -1.57. The molecule has 39 heavy (non-hydrogen) atoms. The number of benzene rings is 2. The maximum Gasteiger partial charge on any atom is 4.00 e. The summed E-state index contributed by atoms with van der Waals surface area (Å²) in [7, 11) is 0. The van der Waals surface area contributed by atoms with Crippen LogP contribution in [0.5, 0.6) is 0 Å². The van der Waals surface area contributed by atoms with Gasteiger partial charge >= 0.3 is 21.7 Å². The van der Waals surface area contributed by atoms with Gasteiger partial charge in [-0.3, -0.25) is 29.7 Å². The van der Waals surface area contributed by atoms with Crippen molar-refractivity contribution in [2.24, 2.45) is 11.5 Å². The largest absolute Gasteiger partial charge is 4.00 e. The molecule has 4 N–H and O–H groups in total. The molecule has 0 amide bonds. The first-order chi connectivity index (χ1) is 17.5. The second-order valence-electron chi connectivity index (χ2n) is 8.96. The Morgan fingerprint density at radius 2 is 0.821 bits per heavy atom. The van der Waals surface area contributed by atoms with E-state index in [1.807, 2.05) is 24.3 Å². The molecular weight excluding hydrogens is 564 g/mol. The quantitative estimate of drug-likeness (QED) is 0.170. The summed E-state index contributed by atoms with van der Waals surface area (Å²) in [4.78, 5) is 0. The SMILES string of the molecule is CC(C)(N)c1c(F)c(F)[c-]c(F)c1F.CC(C)(N)c1c(F)c(F)[c-]c(F)c1F.[C-]1=CC=CC1.[C-]1=CC=CC1.[Ti+4]. The van der Waals surface area contributed by atoms with Gasteiger partial charge in [0.2, 0.25) is 0 Å². The van der Waals surface area contributed by atoms with Crippen LogP contribution in [0, 0.1) is 70.8 Å². The van der Waals surface area contributed by atoms with E-state index in [9.17, 15) is 35.1 Å². The zero-order valence-electron chi connectivity index (χ0n) is 21.6.